The fourth-order valence-corrected chi connectivity index (χ4v) is 0.565. The van der Waals surface area contributed by atoms with Gasteiger partial charge in [-0.15, -0.1) is 0 Å². The van der Waals surface area contributed by atoms with Crippen LogP contribution in [0.3, 0.4) is 0 Å². The zero-order valence-corrected chi connectivity index (χ0v) is 12.6. The SMILES string of the molecule is O=C(/C=C(\[O-])C(F)(F)F)C(F)(F)F.O=C(/C=C(\[O-])C(F)(F)F)C(F)(F)F.[Cu]. The molecule has 4 nitrogen and oxygen atoms in total. The monoisotopic (exact) mass is 477 g/mol. The fourth-order valence-electron chi connectivity index (χ4n) is 0.565. The second-order valence-electron chi connectivity index (χ2n) is 3.74. The van der Waals surface area contributed by atoms with Crippen molar-refractivity contribution in [1.29, 1.82) is 0 Å². The van der Waals surface area contributed by atoms with Crippen molar-refractivity contribution in [2.45, 2.75) is 24.7 Å². The molecule has 0 aliphatic heterocycles. The Morgan fingerprint density at radius 1 is 0.519 bits per heavy atom. The average molecular weight is 478 g/mol. The molecular formula is C10H2CuF12O4-2. The molecule has 0 N–H and O–H groups in total. The fraction of sp³-hybridized carbons (Fsp3) is 0.400. The summed E-state index contributed by atoms with van der Waals surface area (Å²) in [6, 6.07) is 0. The van der Waals surface area contributed by atoms with E-state index in [-0.39, 0.29) is 17.1 Å². The van der Waals surface area contributed by atoms with E-state index in [4.69, 9.17) is 0 Å². The van der Waals surface area contributed by atoms with Gasteiger partial charge in [0.2, 0.25) is 0 Å². The number of rotatable bonds is 2. The van der Waals surface area contributed by atoms with Crippen LogP contribution in [0, 0.1) is 0 Å². The van der Waals surface area contributed by atoms with Gasteiger partial charge in [0.05, 0.1) is 0 Å². The molecule has 0 saturated carbocycles. The molecule has 0 aromatic heterocycles. The van der Waals surface area contributed by atoms with Crippen molar-refractivity contribution < 1.29 is 89.6 Å². The molecule has 17 heteroatoms. The molecule has 0 aliphatic rings. The molecule has 0 fully saturated rings. The van der Waals surface area contributed by atoms with Crippen molar-refractivity contribution in [3.63, 3.8) is 0 Å². The summed E-state index contributed by atoms with van der Waals surface area (Å²) < 4.78 is 136. The number of hydrogen-bond donors (Lipinski definition) is 0. The maximum absolute atomic E-state index is 11.3. The summed E-state index contributed by atoms with van der Waals surface area (Å²) in [6.45, 7) is 0. The van der Waals surface area contributed by atoms with E-state index in [2.05, 4.69) is 0 Å². The molecular weight excluding hydrogens is 476 g/mol. The quantitative estimate of drug-likeness (QED) is 0.263. The van der Waals surface area contributed by atoms with Gasteiger partial charge in [-0.25, -0.2) is 0 Å². The summed E-state index contributed by atoms with van der Waals surface area (Å²) in [4.78, 5) is 19.6. The number of hydrogen-bond acceptors (Lipinski definition) is 4. The molecule has 163 valence electrons. The predicted octanol–water partition coefficient (Wildman–Crippen LogP) is 1.85. The van der Waals surface area contributed by atoms with Crippen LogP contribution in [-0.2, 0) is 26.7 Å². The van der Waals surface area contributed by atoms with Crippen molar-refractivity contribution in [3.05, 3.63) is 23.7 Å². The van der Waals surface area contributed by atoms with Crippen LogP contribution >= 0.6 is 0 Å². The Morgan fingerprint density at radius 2 is 0.704 bits per heavy atom. The van der Waals surface area contributed by atoms with Gasteiger partial charge in [-0.1, -0.05) is 0 Å². The minimum Gasteiger partial charge on any atom is -0.869 e. The number of ketones is 2. The summed E-state index contributed by atoms with van der Waals surface area (Å²) >= 11 is 0. The molecule has 0 bridgehead atoms. The van der Waals surface area contributed by atoms with E-state index < -0.39 is 59.9 Å². The Kier molecular flexibility index (Phi) is 10.9. The number of halogens is 12. The molecule has 0 spiro atoms. The van der Waals surface area contributed by atoms with Crippen LogP contribution in [0.15, 0.2) is 23.7 Å². The third kappa shape index (κ3) is 13.0. The van der Waals surface area contributed by atoms with E-state index in [0.29, 0.717) is 0 Å². The maximum atomic E-state index is 11.3. The van der Waals surface area contributed by atoms with Gasteiger partial charge in [-0.3, -0.25) is 9.59 Å². The number of alkyl halides is 12. The zero-order chi connectivity index (χ0) is 21.7. The van der Waals surface area contributed by atoms with Gasteiger partial charge in [0.15, 0.2) is 0 Å². The van der Waals surface area contributed by atoms with Crippen LogP contribution in [0.1, 0.15) is 0 Å². The van der Waals surface area contributed by atoms with Gasteiger partial charge < -0.3 is 10.2 Å². The van der Waals surface area contributed by atoms with E-state index in [1.165, 1.54) is 0 Å². The minimum atomic E-state index is -5.46. The maximum Gasteiger partial charge on any atom is 0.454 e. The Hall–Kier alpha value is -1.90. The largest absolute Gasteiger partial charge is 0.869 e. The Bertz CT molecular complexity index is 527. The zero-order valence-electron chi connectivity index (χ0n) is 11.6. The number of carbonyl (C=O) groups is 2. The van der Waals surface area contributed by atoms with E-state index >= 15 is 0 Å². The normalized spacial score (nSPS) is 13.9. The molecule has 0 unspecified atom stereocenters. The van der Waals surface area contributed by atoms with E-state index in [9.17, 15) is 72.5 Å². The Labute approximate surface area is 150 Å². The van der Waals surface area contributed by atoms with Crippen LogP contribution in [0.25, 0.3) is 0 Å². The molecule has 0 amide bonds. The average Bonchev–Trinajstić information content (AvgIpc) is 2.34. The molecule has 0 aliphatic carbocycles. The first-order valence-corrected chi connectivity index (χ1v) is 5.24. The van der Waals surface area contributed by atoms with Crippen molar-refractivity contribution in [1.82, 2.24) is 0 Å². The minimum absolute atomic E-state index is 0. The molecule has 0 heterocycles. The summed E-state index contributed by atoms with van der Waals surface area (Å²) in [6.07, 6.45) is -23.9. The van der Waals surface area contributed by atoms with Gasteiger partial charge in [0, 0.05) is 17.1 Å². The molecule has 0 aromatic rings. The van der Waals surface area contributed by atoms with Crippen LogP contribution in [0.4, 0.5) is 52.7 Å². The summed E-state index contributed by atoms with van der Waals surface area (Å²) in [5.74, 6) is -11.3. The van der Waals surface area contributed by atoms with Gasteiger partial charge in [0.25, 0.3) is 11.6 Å². The summed E-state index contributed by atoms with van der Waals surface area (Å²) in [5.41, 5.74) is 0. The molecule has 0 rings (SSSR count). The smallest absolute Gasteiger partial charge is 0.454 e. The van der Waals surface area contributed by atoms with Gasteiger partial charge in [-0.05, 0) is 23.7 Å². The Morgan fingerprint density at radius 3 is 0.815 bits per heavy atom. The molecule has 27 heavy (non-hydrogen) atoms. The third-order valence-electron chi connectivity index (χ3n) is 1.64. The van der Waals surface area contributed by atoms with Crippen molar-refractivity contribution in [2.75, 3.05) is 0 Å². The van der Waals surface area contributed by atoms with Gasteiger partial charge >= 0.3 is 24.7 Å². The topological polar surface area (TPSA) is 80.3 Å². The molecule has 0 atom stereocenters. The first kappa shape index (κ1) is 29.8. The van der Waals surface area contributed by atoms with Crippen LogP contribution in [-0.4, -0.2) is 36.3 Å². The predicted molar refractivity (Wildman–Crippen MR) is 50.4 cm³/mol. The molecule has 0 aromatic carbocycles. The standard InChI is InChI=1S/2C5H2F6O2.Cu/c2*6-4(7,8)2(12)1-3(13)5(9,10)11;/h2*1,12H;/p-2/b2*2-1-;. The van der Waals surface area contributed by atoms with Crippen LogP contribution in [0.5, 0.6) is 0 Å². The Balaban J connectivity index is -0.000000411. The van der Waals surface area contributed by atoms with Crippen molar-refractivity contribution >= 4 is 11.6 Å². The summed E-state index contributed by atoms with van der Waals surface area (Å²) in [7, 11) is 0. The first-order valence-electron chi connectivity index (χ1n) is 5.24. The van der Waals surface area contributed by atoms with Crippen molar-refractivity contribution in [2.24, 2.45) is 0 Å². The van der Waals surface area contributed by atoms with Crippen LogP contribution in [0.2, 0.25) is 0 Å². The summed E-state index contributed by atoms with van der Waals surface area (Å²) in [5, 5.41) is 19.6. The van der Waals surface area contributed by atoms with E-state index in [0.717, 1.165) is 0 Å². The van der Waals surface area contributed by atoms with Crippen molar-refractivity contribution in [3.8, 4) is 0 Å². The molecule has 1 radical (unpaired) electrons. The van der Waals surface area contributed by atoms with E-state index in [1.54, 1.807) is 0 Å². The second-order valence-corrected chi connectivity index (χ2v) is 3.74. The van der Waals surface area contributed by atoms with Gasteiger partial charge in [0.1, 0.15) is 0 Å². The third-order valence-corrected chi connectivity index (χ3v) is 1.64. The molecule has 0 saturated heterocycles. The van der Waals surface area contributed by atoms with Gasteiger partial charge in [-0.2, -0.15) is 52.7 Å². The second kappa shape index (κ2) is 9.87. The number of allylic oxidation sites excluding steroid dienone is 4. The number of carbonyl (C=O) groups excluding carboxylic acids is 2. The van der Waals surface area contributed by atoms with Crippen LogP contribution < -0.4 is 10.2 Å². The van der Waals surface area contributed by atoms with E-state index in [1.807, 2.05) is 0 Å². The first-order chi connectivity index (χ1) is 11.1.